The maximum Gasteiger partial charge on any atom is 0.121 e. The maximum absolute atomic E-state index is 5.32. The molecule has 3 nitrogen and oxygen atoms in total. The zero-order chi connectivity index (χ0) is 12.3. The van der Waals surface area contributed by atoms with Crippen molar-refractivity contribution in [2.75, 3.05) is 37.9 Å². The third-order valence-electron chi connectivity index (χ3n) is 3.09. The summed E-state index contributed by atoms with van der Waals surface area (Å²) in [6.07, 6.45) is 0. The van der Waals surface area contributed by atoms with Crippen LogP contribution < -0.4 is 15.0 Å². The minimum absolute atomic E-state index is 0.577. The normalized spacial score (nSPS) is 19.0. The lowest BCUT2D eigenvalue weighted by atomic mass is 10.2. The molecule has 0 fully saturated rings. The number of rotatable bonds is 4. The van der Waals surface area contributed by atoms with E-state index in [-0.39, 0.29) is 0 Å². The van der Waals surface area contributed by atoms with Gasteiger partial charge in [-0.05, 0) is 26.1 Å². The van der Waals surface area contributed by atoms with Crippen molar-refractivity contribution in [2.45, 2.75) is 17.9 Å². The molecule has 94 valence electrons. The molecular formula is C13H20N2OS. The van der Waals surface area contributed by atoms with Crippen molar-refractivity contribution >= 4 is 17.4 Å². The topological polar surface area (TPSA) is 24.5 Å². The average molecular weight is 252 g/mol. The van der Waals surface area contributed by atoms with Gasteiger partial charge in [-0.25, -0.2) is 0 Å². The average Bonchev–Trinajstić information content (AvgIpc) is 2.37. The highest BCUT2D eigenvalue weighted by atomic mass is 32.2. The number of hydrogen-bond donors (Lipinski definition) is 1. The molecule has 1 aliphatic heterocycles. The van der Waals surface area contributed by atoms with Crippen molar-refractivity contribution in [3.63, 3.8) is 0 Å². The van der Waals surface area contributed by atoms with Gasteiger partial charge in [0.15, 0.2) is 0 Å². The van der Waals surface area contributed by atoms with Gasteiger partial charge in [-0.3, -0.25) is 0 Å². The van der Waals surface area contributed by atoms with Gasteiger partial charge in [0.05, 0.1) is 12.8 Å². The number of methoxy groups -OCH3 is 1. The van der Waals surface area contributed by atoms with Gasteiger partial charge in [0, 0.05) is 35.8 Å². The van der Waals surface area contributed by atoms with Crippen molar-refractivity contribution in [3.05, 3.63) is 18.2 Å². The van der Waals surface area contributed by atoms with Crippen LogP contribution in [0.25, 0.3) is 0 Å². The van der Waals surface area contributed by atoms with E-state index in [1.807, 2.05) is 24.9 Å². The molecule has 4 heteroatoms. The minimum Gasteiger partial charge on any atom is -0.497 e. The molecule has 1 atom stereocenters. The Hall–Kier alpha value is -0.870. The van der Waals surface area contributed by atoms with Gasteiger partial charge >= 0.3 is 0 Å². The van der Waals surface area contributed by atoms with Crippen LogP contribution >= 0.6 is 11.8 Å². The molecular weight excluding hydrogens is 232 g/mol. The lowest BCUT2D eigenvalue weighted by Gasteiger charge is -2.36. The molecule has 1 N–H and O–H groups in total. The molecule has 0 bridgehead atoms. The second-order valence-electron chi connectivity index (χ2n) is 4.29. The van der Waals surface area contributed by atoms with E-state index in [1.54, 1.807) is 7.11 Å². The predicted molar refractivity (Wildman–Crippen MR) is 74.5 cm³/mol. The number of benzene rings is 1. The van der Waals surface area contributed by atoms with Gasteiger partial charge in [-0.15, -0.1) is 11.8 Å². The second kappa shape index (κ2) is 5.65. The van der Waals surface area contributed by atoms with Crippen LogP contribution in [0.15, 0.2) is 23.1 Å². The van der Waals surface area contributed by atoms with Gasteiger partial charge in [-0.1, -0.05) is 0 Å². The number of fused-ring (bicyclic) bond motifs is 1. The first-order valence-corrected chi connectivity index (χ1v) is 6.97. The molecule has 2 rings (SSSR count). The number of ether oxygens (including phenoxy) is 1. The van der Waals surface area contributed by atoms with E-state index in [0.717, 1.165) is 24.6 Å². The SMILES string of the molecule is CNCCN1c2cc(OC)ccc2SCC1C. The quantitative estimate of drug-likeness (QED) is 0.888. The van der Waals surface area contributed by atoms with Crippen LogP contribution in [0, 0.1) is 0 Å². The first kappa shape index (κ1) is 12.6. The summed E-state index contributed by atoms with van der Waals surface area (Å²) in [6.45, 7) is 4.33. The van der Waals surface area contributed by atoms with E-state index in [4.69, 9.17) is 4.74 Å². The Kier molecular flexibility index (Phi) is 4.18. The lowest BCUT2D eigenvalue weighted by molar-refractivity contribution is 0.414. The molecule has 0 spiro atoms. The van der Waals surface area contributed by atoms with E-state index in [9.17, 15) is 0 Å². The third kappa shape index (κ3) is 2.69. The Morgan fingerprint density at radius 2 is 2.35 bits per heavy atom. The highest BCUT2D eigenvalue weighted by Crippen LogP contribution is 2.39. The summed E-state index contributed by atoms with van der Waals surface area (Å²) >= 11 is 1.94. The zero-order valence-electron chi connectivity index (χ0n) is 10.7. The molecule has 0 amide bonds. The molecule has 1 aromatic carbocycles. The Bertz CT molecular complexity index is 384. The van der Waals surface area contributed by atoms with Crippen LogP contribution in [0.1, 0.15) is 6.92 Å². The smallest absolute Gasteiger partial charge is 0.121 e. The number of nitrogens with zero attached hydrogens (tertiary/aromatic N) is 1. The van der Waals surface area contributed by atoms with Crippen LogP contribution in [0.3, 0.4) is 0 Å². The molecule has 1 aromatic rings. The van der Waals surface area contributed by atoms with Gasteiger partial charge < -0.3 is 15.0 Å². The summed E-state index contributed by atoms with van der Waals surface area (Å²) in [5, 5.41) is 3.22. The van der Waals surface area contributed by atoms with E-state index >= 15 is 0 Å². The Labute approximate surface area is 108 Å². The van der Waals surface area contributed by atoms with Gasteiger partial charge in [-0.2, -0.15) is 0 Å². The number of likely N-dealkylation sites (N-methyl/N-ethyl adjacent to an activating group) is 1. The van der Waals surface area contributed by atoms with Crippen LogP contribution in [0.4, 0.5) is 5.69 Å². The largest absolute Gasteiger partial charge is 0.497 e. The van der Waals surface area contributed by atoms with Gasteiger partial charge in [0.1, 0.15) is 5.75 Å². The summed E-state index contributed by atoms with van der Waals surface area (Å²) < 4.78 is 5.32. The fourth-order valence-electron chi connectivity index (χ4n) is 2.08. The third-order valence-corrected chi connectivity index (χ3v) is 4.40. The van der Waals surface area contributed by atoms with Crippen LogP contribution in [-0.4, -0.2) is 39.0 Å². The van der Waals surface area contributed by atoms with Crippen molar-refractivity contribution in [2.24, 2.45) is 0 Å². The van der Waals surface area contributed by atoms with Crippen LogP contribution in [0.2, 0.25) is 0 Å². The number of anilines is 1. The summed E-state index contributed by atoms with van der Waals surface area (Å²) in [5.74, 6) is 2.09. The van der Waals surface area contributed by atoms with E-state index < -0.39 is 0 Å². The summed E-state index contributed by atoms with van der Waals surface area (Å²) in [6, 6.07) is 6.93. The number of nitrogens with one attached hydrogen (secondary N) is 1. The van der Waals surface area contributed by atoms with Gasteiger partial charge in [0.2, 0.25) is 0 Å². The molecule has 17 heavy (non-hydrogen) atoms. The van der Waals surface area contributed by atoms with Crippen molar-refractivity contribution < 1.29 is 4.74 Å². The summed E-state index contributed by atoms with van der Waals surface area (Å²) in [7, 11) is 3.72. The summed E-state index contributed by atoms with van der Waals surface area (Å²) in [4.78, 5) is 3.82. The molecule has 1 aliphatic rings. The van der Waals surface area contributed by atoms with Crippen LogP contribution in [0.5, 0.6) is 5.75 Å². The molecule has 0 aliphatic carbocycles. The minimum atomic E-state index is 0.577. The van der Waals surface area contributed by atoms with Gasteiger partial charge in [0.25, 0.3) is 0 Å². The molecule has 1 heterocycles. The Morgan fingerprint density at radius 1 is 1.53 bits per heavy atom. The van der Waals surface area contributed by atoms with E-state index in [1.165, 1.54) is 10.6 Å². The summed E-state index contributed by atoms with van der Waals surface area (Å²) in [5.41, 5.74) is 1.31. The molecule has 0 saturated heterocycles. The fraction of sp³-hybridized carbons (Fsp3) is 0.538. The first-order chi connectivity index (χ1) is 8.26. The number of hydrogen-bond acceptors (Lipinski definition) is 4. The predicted octanol–water partition coefficient (Wildman–Crippen LogP) is 2.22. The number of thioether (sulfide) groups is 1. The van der Waals surface area contributed by atoms with E-state index in [2.05, 4.69) is 29.3 Å². The van der Waals surface area contributed by atoms with Crippen molar-refractivity contribution in [3.8, 4) is 5.75 Å². The zero-order valence-corrected chi connectivity index (χ0v) is 11.5. The molecule has 1 unspecified atom stereocenters. The van der Waals surface area contributed by atoms with Crippen LogP contribution in [-0.2, 0) is 0 Å². The Balaban J connectivity index is 2.27. The Morgan fingerprint density at radius 3 is 3.06 bits per heavy atom. The standard InChI is InChI=1S/C13H20N2OS/c1-10-9-17-13-5-4-11(16-3)8-12(13)15(10)7-6-14-2/h4-5,8,10,14H,6-7,9H2,1-3H3. The highest BCUT2D eigenvalue weighted by Gasteiger charge is 2.23. The second-order valence-corrected chi connectivity index (χ2v) is 5.35. The molecule has 0 radical (unpaired) electrons. The fourth-order valence-corrected chi connectivity index (χ4v) is 3.17. The lowest BCUT2D eigenvalue weighted by Crippen LogP contribution is -2.41. The monoisotopic (exact) mass is 252 g/mol. The molecule has 0 aromatic heterocycles. The van der Waals surface area contributed by atoms with Crippen molar-refractivity contribution in [1.82, 2.24) is 5.32 Å². The molecule has 0 saturated carbocycles. The highest BCUT2D eigenvalue weighted by molar-refractivity contribution is 7.99. The van der Waals surface area contributed by atoms with Crippen molar-refractivity contribution in [1.29, 1.82) is 0 Å². The van der Waals surface area contributed by atoms with E-state index in [0.29, 0.717) is 6.04 Å². The first-order valence-electron chi connectivity index (χ1n) is 5.98. The maximum atomic E-state index is 5.32.